The average molecular weight is 564 g/mol. The van der Waals surface area contributed by atoms with E-state index in [9.17, 15) is 18.0 Å². The molecule has 2 amide bonds. The van der Waals surface area contributed by atoms with Crippen molar-refractivity contribution in [2.24, 2.45) is 0 Å². The molecule has 0 aromatic heterocycles. The highest BCUT2D eigenvalue weighted by molar-refractivity contribution is 7.92. The Balaban J connectivity index is 2.06. The quantitative estimate of drug-likeness (QED) is 0.277. The molecule has 0 spiro atoms. The van der Waals surface area contributed by atoms with E-state index in [2.05, 4.69) is 5.32 Å². The van der Waals surface area contributed by atoms with Crippen molar-refractivity contribution < 1.29 is 18.0 Å². The van der Waals surface area contributed by atoms with Gasteiger partial charge in [-0.15, -0.1) is 0 Å². The number of unbranched alkanes of at least 4 members (excludes halogenated alkanes) is 1. The molecular formula is C32H41N3O4S. The van der Waals surface area contributed by atoms with Gasteiger partial charge in [0, 0.05) is 13.1 Å². The van der Waals surface area contributed by atoms with Crippen LogP contribution < -0.4 is 9.62 Å². The number of carbonyl (C=O) groups is 2. The summed E-state index contributed by atoms with van der Waals surface area (Å²) in [6, 6.07) is 20.6. The van der Waals surface area contributed by atoms with Gasteiger partial charge in [0.15, 0.2) is 0 Å². The van der Waals surface area contributed by atoms with E-state index in [1.54, 1.807) is 30.3 Å². The molecule has 0 aliphatic heterocycles. The minimum absolute atomic E-state index is 0.0955. The van der Waals surface area contributed by atoms with Crippen molar-refractivity contribution in [3.8, 4) is 0 Å². The third-order valence-corrected chi connectivity index (χ3v) is 8.92. The number of carbonyl (C=O) groups excluding carboxylic acids is 2. The van der Waals surface area contributed by atoms with E-state index in [0.717, 1.165) is 35.1 Å². The molecule has 40 heavy (non-hydrogen) atoms. The lowest BCUT2D eigenvalue weighted by molar-refractivity contribution is -0.140. The second kappa shape index (κ2) is 14.1. The van der Waals surface area contributed by atoms with Gasteiger partial charge in [0.05, 0.1) is 10.6 Å². The number of benzene rings is 3. The summed E-state index contributed by atoms with van der Waals surface area (Å²) >= 11 is 0. The van der Waals surface area contributed by atoms with Gasteiger partial charge in [-0.05, 0) is 68.5 Å². The van der Waals surface area contributed by atoms with Gasteiger partial charge < -0.3 is 10.2 Å². The first-order chi connectivity index (χ1) is 19.1. The van der Waals surface area contributed by atoms with E-state index in [-0.39, 0.29) is 17.3 Å². The van der Waals surface area contributed by atoms with E-state index >= 15 is 0 Å². The Morgan fingerprint density at radius 1 is 0.875 bits per heavy atom. The van der Waals surface area contributed by atoms with E-state index in [1.807, 2.05) is 65.0 Å². The lowest BCUT2D eigenvalue weighted by Gasteiger charge is -2.33. The van der Waals surface area contributed by atoms with Gasteiger partial charge in [-0.25, -0.2) is 8.42 Å². The van der Waals surface area contributed by atoms with E-state index in [1.165, 1.54) is 21.3 Å². The maximum atomic E-state index is 14.1. The number of sulfonamides is 1. The fourth-order valence-electron chi connectivity index (χ4n) is 4.55. The molecule has 0 unspecified atom stereocenters. The number of nitrogens with one attached hydrogen (secondary N) is 1. The molecule has 0 heterocycles. The summed E-state index contributed by atoms with van der Waals surface area (Å²) in [5, 5.41) is 2.96. The summed E-state index contributed by atoms with van der Waals surface area (Å²) in [5.41, 5.74) is 4.07. The smallest absolute Gasteiger partial charge is 0.264 e. The monoisotopic (exact) mass is 563 g/mol. The number of nitrogens with zero attached hydrogens (tertiary/aromatic N) is 2. The van der Waals surface area contributed by atoms with Crippen LogP contribution in [0.15, 0.2) is 77.7 Å². The normalized spacial score (nSPS) is 12.0. The molecule has 8 heteroatoms. The topological polar surface area (TPSA) is 86.8 Å². The van der Waals surface area contributed by atoms with Crippen LogP contribution in [0.5, 0.6) is 0 Å². The second-order valence-corrected chi connectivity index (χ2v) is 12.0. The molecular weight excluding hydrogens is 522 g/mol. The predicted molar refractivity (Wildman–Crippen MR) is 161 cm³/mol. The van der Waals surface area contributed by atoms with Crippen LogP contribution in [-0.2, 0) is 26.2 Å². The Morgan fingerprint density at radius 3 is 2.17 bits per heavy atom. The van der Waals surface area contributed by atoms with Crippen molar-refractivity contribution >= 4 is 27.5 Å². The van der Waals surface area contributed by atoms with Crippen molar-refractivity contribution in [3.63, 3.8) is 0 Å². The lowest BCUT2D eigenvalue weighted by Crippen LogP contribution is -2.52. The van der Waals surface area contributed by atoms with Gasteiger partial charge in [0.2, 0.25) is 11.8 Å². The van der Waals surface area contributed by atoms with Gasteiger partial charge >= 0.3 is 0 Å². The van der Waals surface area contributed by atoms with Crippen LogP contribution >= 0.6 is 0 Å². The van der Waals surface area contributed by atoms with Crippen molar-refractivity contribution in [1.29, 1.82) is 0 Å². The number of hydrogen-bond acceptors (Lipinski definition) is 4. The van der Waals surface area contributed by atoms with Crippen molar-refractivity contribution in [3.05, 3.63) is 95.1 Å². The van der Waals surface area contributed by atoms with Gasteiger partial charge in [0.1, 0.15) is 12.6 Å². The van der Waals surface area contributed by atoms with Gasteiger partial charge in [-0.3, -0.25) is 13.9 Å². The van der Waals surface area contributed by atoms with E-state index in [0.29, 0.717) is 18.7 Å². The molecule has 7 nitrogen and oxygen atoms in total. The van der Waals surface area contributed by atoms with Gasteiger partial charge in [-0.2, -0.15) is 0 Å². The number of rotatable bonds is 13. The minimum Gasteiger partial charge on any atom is -0.354 e. The predicted octanol–water partition coefficient (Wildman–Crippen LogP) is 5.53. The highest BCUT2D eigenvalue weighted by Gasteiger charge is 2.34. The molecule has 0 saturated heterocycles. The molecule has 0 bridgehead atoms. The van der Waals surface area contributed by atoms with Crippen LogP contribution in [0.25, 0.3) is 0 Å². The van der Waals surface area contributed by atoms with Crippen molar-refractivity contribution in [1.82, 2.24) is 10.2 Å². The summed E-state index contributed by atoms with van der Waals surface area (Å²) in [4.78, 5) is 29.0. The Kier molecular flexibility index (Phi) is 10.9. The van der Waals surface area contributed by atoms with Crippen LogP contribution in [0, 0.1) is 20.8 Å². The third-order valence-electron chi connectivity index (χ3n) is 7.14. The highest BCUT2D eigenvalue weighted by Crippen LogP contribution is 2.29. The molecule has 0 aliphatic rings. The standard InChI is InChI=1S/C32H41N3O4S/c1-6-8-21-33-32(37)29(7-2)34(22-27-19-17-24(3)18-20-27)31(36)23-35(30-16-12-13-25(4)26(30)5)40(38,39)28-14-10-9-11-15-28/h9-20,29H,6-8,21-23H2,1-5H3,(H,33,37)/t29-/m0/s1. The molecule has 214 valence electrons. The molecule has 0 saturated carbocycles. The summed E-state index contributed by atoms with van der Waals surface area (Å²) in [6.07, 6.45) is 2.17. The summed E-state index contributed by atoms with van der Waals surface area (Å²) < 4.78 is 29.1. The first-order valence-corrected chi connectivity index (χ1v) is 15.3. The SMILES string of the molecule is CCCCNC(=O)[C@H](CC)N(Cc1ccc(C)cc1)C(=O)CN(c1cccc(C)c1C)S(=O)(=O)c1ccccc1. The number of anilines is 1. The fraction of sp³-hybridized carbons (Fsp3) is 0.375. The van der Waals surface area contributed by atoms with Crippen LogP contribution in [0.4, 0.5) is 5.69 Å². The van der Waals surface area contributed by atoms with Gasteiger partial charge in [0.25, 0.3) is 10.0 Å². The molecule has 0 radical (unpaired) electrons. The first-order valence-electron chi connectivity index (χ1n) is 13.9. The zero-order valence-corrected chi connectivity index (χ0v) is 25.0. The Bertz CT molecular complexity index is 1390. The lowest BCUT2D eigenvalue weighted by atomic mass is 10.1. The van der Waals surface area contributed by atoms with Crippen molar-refractivity contribution in [2.75, 3.05) is 17.4 Å². The molecule has 1 atom stereocenters. The van der Waals surface area contributed by atoms with Gasteiger partial charge in [-0.1, -0.05) is 80.4 Å². The fourth-order valence-corrected chi connectivity index (χ4v) is 6.05. The zero-order valence-electron chi connectivity index (χ0n) is 24.2. The maximum Gasteiger partial charge on any atom is 0.264 e. The molecule has 0 aliphatic carbocycles. The summed E-state index contributed by atoms with van der Waals surface area (Å²) in [6.45, 7) is 9.92. The molecule has 1 N–H and O–H groups in total. The molecule has 3 rings (SSSR count). The number of aryl methyl sites for hydroxylation is 2. The Morgan fingerprint density at radius 2 is 1.55 bits per heavy atom. The van der Waals surface area contributed by atoms with E-state index < -0.39 is 28.5 Å². The first kappa shape index (κ1) is 30.9. The Labute approximate surface area is 239 Å². The van der Waals surface area contributed by atoms with E-state index in [4.69, 9.17) is 0 Å². The molecule has 3 aromatic carbocycles. The highest BCUT2D eigenvalue weighted by atomic mass is 32.2. The molecule has 0 fully saturated rings. The number of hydrogen-bond donors (Lipinski definition) is 1. The van der Waals surface area contributed by atoms with Crippen LogP contribution in [-0.4, -0.2) is 44.3 Å². The summed E-state index contributed by atoms with van der Waals surface area (Å²) in [7, 11) is -4.09. The largest absolute Gasteiger partial charge is 0.354 e. The van der Waals surface area contributed by atoms with Crippen molar-refractivity contribution in [2.45, 2.75) is 71.4 Å². The second-order valence-electron chi connectivity index (χ2n) is 10.1. The Hall–Kier alpha value is -3.65. The summed E-state index contributed by atoms with van der Waals surface area (Å²) in [5.74, 6) is -0.681. The third kappa shape index (κ3) is 7.50. The minimum atomic E-state index is -4.09. The molecule has 3 aromatic rings. The van der Waals surface area contributed by atoms with Crippen LogP contribution in [0.2, 0.25) is 0 Å². The zero-order chi connectivity index (χ0) is 29.3. The van der Waals surface area contributed by atoms with Crippen LogP contribution in [0.1, 0.15) is 55.4 Å². The van der Waals surface area contributed by atoms with Crippen LogP contribution in [0.3, 0.4) is 0 Å². The average Bonchev–Trinajstić information content (AvgIpc) is 2.95. The number of amides is 2. The maximum absolute atomic E-state index is 14.1.